The van der Waals surface area contributed by atoms with E-state index in [1.807, 2.05) is 0 Å². The van der Waals surface area contributed by atoms with Crippen molar-refractivity contribution in [1.29, 1.82) is 0 Å². The standard InChI is InChI=1S/C36H62O8/c1-31(2)13-9-14-36(8,44-31)20-10-16-35(7)26(20)21(38)18-24-33(5)15-12-25(32(3,4)23(33)11-17-34(24,35)6)43-30-29(41)28(40)27(39)22(19-37)42-30/h20-30,37-41H,9-19H2,1-8H3/t20-,21+,22+,23+,24+,25-,26-,27+,28-,29+,30+,33-,34+,35+,36+/m0/s1. The van der Waals surface area contributed by atoms with Crippen LogP contribution < -0.4 is 0 Å². The van der Waals surface area contributed by atoms with Crippen LogP contribution >= 0.6 is 0 Å². The number of aliphatic hydroxyl groups excluding tert-OH is 5. The molecule has 0 aromatic heterocycles. The van der Waals surface area contributed by atoms with E-state index in [2.05, 4.69) is 55.4 Å². The van der Waals surface area contributed by atoms with Crippen LogP contribution in [0.2, 0.25) is 0 Å². The Hall–Kier alpha value is -0.320. The van der Waals surface area contributed by atoms with Gasteiger partial charge in [-0.15, -0.1) is 0 Å². The highest BCUT2D eigenvalue weighted by Crippen LogP contribution is 2.76. The average Bonchev–Trinajstić information content (AvgIpc) is 3.32. The highest BCUT2D eigenvalue weighted by atomic mass is 16.7. The Balaban J connectivity index is 1.25. The van der Waals surface area contributed by atoms with E-state index >= 15 is 0 Å². The number of ether oxygens (including phenoxy) is 3. The lowest BCUT2D eigenvalue weighted by Gasteiger charge is -2.71. The van der Waals surface area contributed by atoms with E-state index in [-0.39, 0.29) is 51.0 Å². The molecule has 0 unspecified atom stereocenters. The predicted molar refractivity (Wildman–Crippen MR) is 166 cm³/mol. The minimum Gasteiger partial charge on any atom is -0.394 e. The molecular formula is C36H62O8. The molecule has 254 valence electrons. The van der Waals surface area contributed by atoms with E-state index in [0.29, 0.717) is 17.8 Å². The van der Waals surface area contributed by atoms with Gasteiger partial charge in [0.2, 0.25) is 0 Å². The third kappa shape index (κ3) is 4.74. The van der Waals surface area contributed by atoms with Gasteiger partial charge < -0.3 is 39.7 Å². The molecule has 2 heterocycles. The molecule has 44 heavy (non-hydrogen) atoms. The van der Waals surface area contributed by atoms with Gasteiger partial charge in [0, 0.05) is 0 Å². The molecule has 2 aliphatic heterocycles. The monoisotopic (exact) mass is 622 g/mol. The highest BCUT2D eigenvalue weighted by molar-refractivity contribution is 5.20. The quantitative estimate of drug-likeness (QED) is 0.289. The summed E-state index contributed by atoms with van der Waals surface area (Å²) in [4.78, 5) is 0. The van der Waals surface area contributed by atoms with Gasteiger partial charge in [0.05, 0.1) is 30.0 Å². The maximum atomic E-state index is 12.2. The number of hydrogen-bond acceptors (Lipinski definition) is 8. The summed E-state index contributed by atoms with van der Waals surface area (Å²) >= 11 is 0. The van der Waals surface area contributed by atoms with Gasteiger partial charge in [0.1, 0.15) is 24.4 Å². The number of aliphatic hydroxyl groups is 5. The van der Waals surface area contributed by atoms with Crippen molar-refractivity contribution in [3.63, 3.8) is 0 Å². The largest absolute Gasteiger partial charge is 0.394 e. The van der Waals surface area contributed by atoms with Crippen molar-refractivity contribution in [2.75, 3.05) is 6.61 Å². The molecule has 0 bridgehead atoms. The summed E-state index contributed by atoms with van der Waals surface area (Å²) in [6.07, 6.45) is 3.45. The second-order valence-corrected chi connectivity index (χ2v) is 18.2. The van der Waals surface area contributed by atoms with E-state index in [1.165, 1.54) is 6.42 Å². The maximum Gasteiger partial charge on any atom is 0.186 e. The Kier molecular flexibility index (Phi) is 8.28. The third-order valence-electron chi connectivity index (χ3n) is 15.2. The van der Waals surface area contributed by atoms with Crippen molar-refractivity contribution in [2.45, 2.75) is 174 Å². The van der Waals surface area contributed by atoms with Gasteiger partial charge >= 0.3 is 0 Å². The smallest absolute Gasteiger partial charge is 0.186 e. The molecule has 0 spiro atoms. The lowest BCUT2D eigenvalue weighted by Crippen LogP contribution is -2.67. The molecule has 0 aromatic carbocycles. The van der Waals surface area contributed by atoms with Crippen LogP contribution in [-0.4, -0.2) is 86.3 Å². The van der Waals surface area contributed by atoms with E-state index in [0.717, 1.165) is 57.8 Å². The summed E-state index contributed by atoms with van der Waals surface area (Å²) in [5.74, 6) is 1.33. The van der Waals surface area contributed by atoms with E-state index in [1.54, 1.807) is 0 Å². The number of rotatable bonds is 4. The van der Waals surface area contributed by atoms with Crippen LogP contribution in [0.3, 0.4) is 0 Å². The van der Waals surface area contributed by atoms with Gasteiger partial charge in [-0.3, -0.25) is 0 Å². The van der Waals surface area contributed by atoms with Crippen LogP contribution in [0.5, 0.6) is 0 Å². The van der Waals surface area contributed by atoms with E-state index < -0.39 is 37.3 Å². The predicted octanol–water partition coefficient (Wildman–Crippen LogP) is 4.57. The van der Waals surface area contributed by atoms with Crippen molar-refractivity contribution in [3.8, 4) is 0 Å². The summed E-state index contributed by atoms with van der Waals surface area (Å²) < 4.78 is 19.1. The molecule has 6 aliphatic rings. The minimum atomic E-state index is -1.45. The molecule has 2 saturated heterocycles. The topological polar surface area (TPSA) is 129 Å². The van der Waals surface area contributed by atoms with Crippen LogP contribution in [0.4, 0.5) is 0 Å². The highest BCUT2D eigenvalue weighted by Gasteiger charge is 2.72. The normalized spacial score (nSPS) is 56.8. The molecule has 0 radical (unpaired) electrons. The zero-order chi connectivity index (χ0) is 32.3. The van der Waals surface area contributed by atoms with Crippen molar-refractivity contribution in [1.82, 2.24) is 0 Å². The molecule has 6 fully saturated rings. The third-order valence-corrected chi connectivity index (χ3v) is 15.2. The summed E-state index contributed by atoms with van der Waals surface area (Å²) in [6, 6.07) is 0. The molecule has 4 saturated carbocycles. The van der Waals surface area contributed by atoms with Gasteiger partial charge in [0.15, 0.2) is 6.29 Å². The van der Waals surface area contributed by atoms with Gasteiger partial charge in [0.25, 0.3) is 0 Å². The SMILES string of the molecule is CC1(C)CCC[C@](C)([C@H]2CC[C@]3(C)[C@@H]2[C@H](O)C[C@@H]2[C@@]4(C)CC[C@H](O[C@H]5O[C@H](CO)[C@@H](O)[C@H](O)[C@H]5O)C(C)(C)[C@H]4CC[C@]23C)O1. The lowest BCUT2D eigenvalue weighted by molar-refractivity contribution is -0.332. The van der Waals surface area contributed by atoms with Crippen molar-refractivity contribution in [3.05, 3.63) is 0 Å². The van der Waals surface area contributed by atoms with Gasteiger partial charge in [-0.25, -0.2) is 0 Å². The first-order valence-electron chi connectivity index (χ1n) is 17.7. The summed E-state index contributed by atoms with van der Waals surface area (Å²) in [5.41, 5.74) is -0.397. The Labute approximate surface area is 265 Å². The number of hydrogen-bond donors (Lipinski definition) is 5. The molecule has 0 amide bonds. The second-order valence-electron chi connectivity index (χ2n) is 18.2. The fraction of sp³-hybridized carbons (Fsp3) is 1.00. The van der Waals surface area contributed by atoms with Gasteiger partial charge in [-0.05, 0) is 130 Å². The van der Waals surface area contributed by atoms with Crippen LogP contribution in [0.25, 0.3) is 0 Å². The van der Waals surface area contributed by atoms with Crippen LogP contribution in [0.15, 0.2) is 0 Å². The van der Waals surface area contributed by atoms with Gasteiger partial charge in [-0.1, -0.05) is 34.6 Å². The average molecular weight is 623 g/mol. The Morgan fingerprint density at radius 3 is 2.07 bits per heavy atom. The first-order chi connectivity index (χ1) is 20.3. The van der Waals surface area contributed by atoms with Crippen LogP contribution in [-0.2, 0) is 14.2 Å². The molecular weight excluding hydrogens is 560 g/mol. The summed E-state index contributed by atoms with van der Waals surface area (Å²) in [5, 5.41) is 53.2. The maximum absolute atomic E-state index is 12.2. The van der Waals surface area contributed by atoms with E-state index in [9.17, 15) is 25.5 Å². The second kappa shape index (κ2) is 10.8. The lowest BCUT2D eigenvalue weighted by atomic mass is 9.35. The number of fused-ring (bicyclic) bond motifs is 5. The molecule has 15 atom stereocenters. The van der Waals surface area contributed by atoms with Crippen LogP contribution in [0.1, 0.15) is 120 Å². The minimum absolute atomic E-state index is 0.0199. The zero-order valence-corrected chi connectivity index (χ0v) is 28.6. The van der Waals surface area contributed by atoms with Crippen molar-refractivity contribution in [2.24, 2.45) is 45.3 Å². The molecule has 8 heteroatoms. The van der Waals surface area contributed by atoms with Crippen LogP contribution in [0, 0.1) is 45.3 Å². The van der Waals surface area contributed by atoms with E-state index in [4.69, 9.17) is 14.2 Å². The molecule has 4 aliphatic carbocycles. The fourth-order valence-electron chi connectivity index (χ4n) is 12.9. The molecule has 8 nitrogen and oxygen atoms in total. The first-order valence-corrected chi connectivity index (χ1v) is 17.7. The van der Waals surface area contributed by atoms with Gasteiger partial charge in [-0.2, -0.15) is 0 Å². The zero-order valence-electron chi connectivity index (χ0n) is 28.6. The Bertz CT molecular complexity index is 1080. The summed E-state index contributed by atoms with van der Waals surface area (Å²) in [6.45, 7) is 18.4. The molecule has 0 aromatic rings. The van der Waals surface area contributed by atoms with Crippen molar-refractivity contribution < 1.29 is 39.7 Å². The summed E-state index contributed by atoms with van der Waals surface area (Å²) in [7, 11) is 0. The molecule has 6 rings (SSSR count). The fourth-order valence-corrected chi connectivity index (χ4v) is 12.9. The van der Waals surface area contributed by atoms with Crippen molar-refractivity contribution >= 4 is 0 Å². The Morgan fingerprint density at radius 1 is 0.727 bits per heavy atom. The Morgan fingerprint density at radius 2 is 1.41 bits per heavy atom. The molecule has 5 N–H and O–H groups in total. The first kappa shape index (κ1) is 33.6.